The lowest BCUT2D eigenvalue weighted by Crippen LogP contribution is -2.05. The van der Waals surface area contributed by atoms with Crippen LogP contribution in [0.15, 0.2) is 72.8 Å². The fraction of sp³-hybridized carbons (Fsp3) is 0.192. The van der Waals surface area contributed by atoms with Crippen LogP contribution in [0.4, 0.5) is 0 Å². The second-order valence-electron chi connectivity index (χ2n) is 7.95. The van der Waals surface area contributed by atoms with E-state index in [0.717, 1.165) is 16.7 Å². The highest BCUT2D eigenvalue weighted by Gasteiger charge is 2.19. The highest BCUT2D eigenvalue weighted by atomic mass is 31.2. The lowest BCUT2D eigenvalue weighted by atomic mass is 10.0. The van der Waals surface area contributed by atoms with Gasteiger partial charge in [0.15, 0.2) is 0 Å². The van der Waals surface area contributed by atoms with Crippen molar-refractivity contribution in [2.45, 2.75) is 33.6 Å². The number of hydrogen-bond donors (Lipinski definition) is 4. The van der Waals surface area contributed by atoms with Crippen LogP contribution in [0.1, 0.15) is 67.5 Å². The predicted molar refractivity (Wildman–Crippen MR) is 135 cm³/mol. The monoisotopic (exact) mass is 532 g/mol. The molecule has 0 amide bonds. The highest BCUT2D eigenvalue weighted by molar-refractivity contribution is 7.46. The summed E-state index contributed by atoms with van der Waals surface area (Å²) in [4.78, 5) is 52.8. The maximum Gasteiger partial charge on any atom is 0.505 e. The van der Waals surface area contributed by atoms with Crippen LogP contribution in [0.3, 0.4) is 0 Å². The highest BCUT2D eigenvalue weighted by Crippen LogP contribution is 2.36. The lowest BCUT2D eigenvalue weighted by Gasteiger charge is -2.06. The van der Waals surface area contributed by atoms with Gasteiger partial charge in [0.05, 0.1) is 16.7 Å². The molecule has 0 fully saturated rings. The van der Waals surface area contributed by atoms with Gasteiger partial charge in [-0.1, -0.05) is 67.1 Å². The van der Waals surface area contributed by atoms with E-state index in [1.54, 1.807) is 62.4 Å². The molecule has 3 aromatic carbocycles. The molecule has 0 heterocycles. The largest absolute Gasteiger partial charge is 0.505 e. The standard InChI is InChI=1S/C10H13O6P.2C8H8O2/c1-7(2)8-3-5-9(6-4-8)10(11)15-16-17(12,13)14;2*1-6-4-2-3-5-7(6)8(9)10/h3-7H,1-2H3,(H2,12,13,14);2*2-5H,1H3,(H,9,10). The SMILES string of the molecule is CC(C)c1ccc(C(=O)OOP(=O)(O)O)cc1.Cc1ccccc1C(=O)O.Cc1ccccc1C(=O)O. The third kappa shape index (κ3) is 11.6. The number of aryl methyl sites for hydroxylation is 2. The third-order valence-electron chi connectivity index (χ3n) is 4.77. The molecule has 0 saturated heterocycles. The average molecular weight is 532 g/mol. The van der Waals surface area contributed by atoms with Gasteiger partial charge < -0.3 is 20.0 Å². The molecule has 0 aromatic heterocycles. The number of carbonyl (C=O) groups excluding carboxylic acids is 1. The zero-order valence-electron chi connectivity index (χ0n) is 20.7. The first-order chi connectivity index (χ1) is 17.2. The van der Waals surface area contributed by atoms with Crippen LogP contribution in [0.2, 0.25) is 0 Å². The molecule has 0 aliphatic carbocycles. The number of carboxylic acid groups (broad SMARTS) is 2. The maximum absolute atomic E-state index is 11.3. The van der Waals surface area contributed by atoms with E-state index in [9.17, 15) is 18.9 Å². The Morgan fingerprint density at radius 3 is 1.43 bits per heavy atom. The van der Waals surface area contributed by atoms with Crippen molar-refractivity contribution in [3.05, 3.63) is 106 Å². The van der Waals surface area contributed by atoms with Crippen molar-refractivity contribution >= 4 is 25.7 Å². The molecular weight excluding hydrogens is 503 g/mol. The van der Waals surface area contributed by atoms with E-state index in [-0.39, 0.29) is 5.56 Å². The summed E-state index contributed by atoms with van der Waals surface area (Å²) in [6.45, 7) is 7.57. The molecule has 3 aromatic rings. The summed E-state index contributed by atoms with van der Waals surface area (Å²) < 4.78 is 13.9. The average Bonchev–Trinajstić information content (AvgIpc) is 2.83. The van der Waals surface area contributed by atoms with E-state index in [1.807, 2.05) is 26.0 Å². The number of carbonyl (C=O) groups is 3. The van der Waals surface area contributed by atoms with Crippen LogP contribution in [0, 0.1) is 13.8 Å². The Hall–Kier alpha value is -3.82. The molecule has 4 N–H and O–H groups in total. The van der Waals surface area contributed by atoms with Gasteiger partial charge >= 0.3 is 25.7 Å². The number of phosphoric acid groups is 1. The normalized spacial score (nSPS) is 10.4. The Morgan fingerprint density at radius 1 is 0.730 bits per heavy atom. The molecule has 0 unspecified atom stereocenters. The van der Waals surface area contributed by atoms with Crippen LogP contribution in [0.25, 0.3) is 0 Å². The number of aromatic carboxylic acids is 2. The van der Waals surface area contributed by atoms with Gasteiger partial charge in [-0.25, -0.2) is 18.9 Å². The van der Waals surface area contributed by atoms with E-state index in [0.29, 0.717) is 17.0 Å². The molecular formula is C26H29O10P. The molecule has 0 aliphatic rings. The second-order valence-corrected chi connectivity index (χ2v) is 9.08. The van der Waals surface area contributed by atoms with Crippen molar-refractivity contribution in [1.82, 2.24) is 0 Å². The molecule has 3 rings (SSSR count). The zero-order chi connectivity index (χ0) is 28.2. The first-order valence-electron chi connectivity index (χ1n) is 10.9. The topological polar surface area (TPSA) is 168 Å². The minimum Gasteiger partial charge on any atom is -0.478 e. The summed E-state index contributed by atoms with van der Waals surface area (Å²) in [6.07, 6.45) is 0. The fourth-order valence-corrected chi connectivity index (χ4v) is 2.93. The molecule has 198 valence electrons. The summed E-state index contributed by atoms with van der Waals surface area (Å²) in [5.74, 6) is -2.36. The number of benzene rings is 3. The van der Waals surface area contributed by atoms with E-state index in [1.165, 1.54) is 12.1 Å². The molecule has 0 atom stereocenters. The minimum absolute atomic E-state index is 0.155. The maximum atomic E-state index is 11.3. The summed E-state index contributed by atoms with van der Waals surface area (Å²) in [6, 6.07) is 20.3. The molecule has 10 nitrogen and oxygen atoms in total. The Labute approximate surface area is 214 Å². The molecule has 0 aliphatic heterocycles. The molecule has 37 heavy (non-hydrogen) atoms. The van der Waals surface area contributed by atoms with Gasteiger partial charge in [-0.15, -0.1) is 0 Å². The van der Waals surface area contributed by atoms with Crippen molar-refractivity contribution in [3.63, 3.8) is 0 Å². The van der Waals surface area contributed by atoms with Gasteiger partial charge in [0.25, 0.3) is 0 Å². The van der Waals surface area contributed by atoms with Crippen molar-refractivity contribution in [1.29, 1.82) is 0 Å². The van der Waals surface area contributed by atoms with Crippen LogP contribution >= 0.6 is 7.82 Å². The molecule has 0 spiro atoms. The van der Waals surface area contributed by atoms with Gasteiger partial charge in [0, 0.05) is 0 Å². The van der Waals surface area contributed by atoms with Crippen LogP contribution in [0.5, 0.6) is 0 Å². The summed E-state index contributed by atoms with van der Waals surface area (Å²) in [5.41, 5.74) is 3.55. The van der Waals surface area contributed by atoms with Crippen molar-refractivity contribution in [2.24, 2.45) is 0 Å². The molecule has 0 bridgehead atoms. The summed E-state index contributed by atoms with van der Waals surface area (Å²) in [5, 5.41) is 17.1. The van der Waals surface area contributed by atoms with E-state index < -0.39 is 25.7 Å². The van der Waals surface area contributed by atoms with Gasteiger partial charge in [0.2, 0.25) is 0 Å². The summed E-state index contributed by atoms with van der Waals surface area (Å²) >= 11 is 0. The number of carboxylic acids is 2. The van der Waals surface area contributed by atoms with Gasteiger partial charge in [0.1, 0.15) is 0 Å². The van der Waals surface area contributed by atoms with Crippen LogP contribution in [-0.4, -0.2) is 37.9 Å². The Kier molecular flexibility index (Phi) is 12.4. The Morgan fingerprint density at radius 2 is 1.14 bits per heavy atom. The first-order valence-corrected chi connectivity index (χ1v) is 12.4. The van der Waals surface area contributed by atoms with Crippen LogP contribution in [-0.2, 0) is 14.1 Å². The van der Waals surface area contributed by atoms with E-state index in [2.05, 4.69) is 9.56 Å². The number of rotatable bonds is 6. The van der Waals surface area contributed by atoms with E-state index in [4.69, 9.17) is 20.0 Å². The van der Waals surface area contributed by atoms with Gasteiger partial charge in [-0.3, -0.25) is 4.89 Å². The van der Waals surface area contributed by atoms with Crippen molar-refractivity contribution < 1.29 is 48.5 Å². The smallest absolute Gasteiger partial charge is 0.478 e. The van der Waals surface area contributed by atoms with Gasteiger partial charge in [-0.05, 0) is 60.7 Å². The molecule has 0 radical (unpaired) electrons. The second kappa shape index (κ2) is 14.7. The minimum atomic E-state index is -4.81. The zero-order valence-corrected chi connectivity index (χ0v) is 21.6. The Bertz CT molecular complexity index is 1190. The predicted octanol–water partition coefficient (Wildman–Crippen LogP) is 5.38. The number of hydrogen-bond acceptors (Lipinski definition) is 6. The third-order valence-corrected chi connectivity index (χ3v) is 5.04. The van der Waals surface area contributed by atoms with E-state index >= 15 is 0 Å². The lowest BCUT2D eigenvalue weighted by molar-refractivity contribution is -0.166. The fourth-order valence-electron chi connectivity index (χ4n) is 2.76. The summed E-state index contributed by atoms with van der Waals surface area (Å²) in [7, 11) is -4.81. The Balaban J connectivity index is 0.000000294. The first kappa shape index (κ1) is 31.2. The molecule has 0 saturated carbocycles. The molecule has 11 heteroatoms. The van der Waals surface area contributed by atoms with Crippen LogP contribution < -0.4 is 0 Å². The quantitative estimate of drug-likeness (QED) is 0.184. The van der Waals surface area contributed by atoms with Crippen molar-refractivity contribution in [3.8, 4) is 0 Å². The van der Waals surface area contributed by atoms with Crippen molar-refractivity contribution in [2.75, 3.05) is 0 Å². The van der Waals surface area contributed by atoms with Gasteiger partial charge in [-0.2, -0.15) is 0 Å².